The minimum atomic E-state index is -3.65. The number of rotatable bonds is 7. The number of carbonyl (C=O) groups is 1. The minimum Gasteiger partial charge on any atom is -0.461 e. The van der Waals surface area contributed by atoms with Crippen LogP contribution in [-0.4, -0.2) is 44.0 Å². The highest BCUT2D eigenvalue weighted by molar-refractivity contribution is 7.94. The van der Waals surface area contributed by atoms with Gasteiger partial charge < -0.3 is 4.74 Å². The zero-order valence-corrected chi connectivity index (χ0v) is 18.0. The summed E-state index contributed by atoms with van der Waals surface area (Å²) in [5.41, 5.74) is -0.0583. The van der Waals surface area contributed by atoms with E-state index in [1.807, 2.05) is 11.8 Å². The summed E-state index contributed by atoms with van der Waals surface area (Å²) in [5, 5.41) is 1.18. The fourth-order valence-electron chi connectivity index (χ4n) is 4.24. The molecule has 2 aliphatic rings. The van der Waals surface area contributed by atoms with Gasteiger partial charge in [-0.15, -0.1) is 6.58 Å². The molecule has 0 radical (unpaired) electrons. The SMILES string of the molecule is C=CCN1CCC[C@@]1(/C=C/S(=O)(=O)c1ccc(C)cc1)C(=O)OC1CCCCC1. The average Bonchev–Trinajstić information content (AvgIpc) is 3.12. The van der Waals surface area contributed by atoms with E-state index in [0.29, 0.717) is 19.5 Å². The first-order valence-electron chi connectivity index (χ1n) is 10.5. The Morgan fingerprint density at radius 1 is 1.21 bits per heavy atom. The van der Waals surface area contributed by atoms with Crippen LogP contribution in [0.5, 0.6) is 0 Å². The van der Waals surface area contributed by atoms with Crippen molar-refractivity contribution < 1.29 is 17.9 Å². The first kappa shape index (κ1) is 21.8. The highest BCUT2D eigenvalue weighted by atomic mass is 32.2. The molecule has 1 aliphatic carbocycles. The van der Waals surface area contributed by atoms with Gasteiger partial charge in [-0.3, -0.25) is 4.90 Å². The molecule has 6 heteroatoms. The maximum atomic E-state index is 13.3. The van der Waals surface area contributed by atoms with Crippen LogP contribution in [0, 0.1) is 6.92 Å². The third kappa shape index (κ3) is 4.98. The summed E-state index contributed by atoms with van der Waals surface area (Å²) in [6.45, 7) is 6.92. The number of esters is 1. The highest BCUT2D eigenvalue weighted by Crippen LogP contribution is 2.34. The zero-order chi connectivity index (χ0) is 20.9. The predicted octanol–water partition coefficient (Wildman–Crippen LogP) is 4.18. The summed E-state index contributed by atoms with van der Waals surface area (Å²) in [7, 11) is -3.65. The van der Waals surface area contributed by atoms with Gasteiger partial charge in [0, 0.05) is 12.0 Å². The van der Waals surface area contributed by atoms with Gasteiger partial charge in [0.25, 0.3) is 0 Å². The number of benzene rings is 1. The van der Waals surface area contributed by atoms with Gasteiger partial charge >= 0.3 is 5.97 Å². The molecule has 3 rings (SSSR count). The number of aryl methyl sites for hydroxylation is 1. The van der Waals surface area contributed by atoms with Gasteiger partial charge in [0.15, 0.2) is 9.84 Å². The van der Waals surface area contributed by atoms with Crippen molar-refractivity contribution in [2.45, 2.75) is 68.4 Å². The first-order valence-corrected chi connectivity index (χ1v) is 12.0. The number of hydrogen-bond donors (Lipinski definition) is 0. The van der Waals surface area contributed by atoms with Gasteiger partial charge in [0.2, 0.25) is 0 Å². The standard InChI is InChI=1S/C23H31NO4S/c1-3-16-24-17-7-14-23(24,22(25)28-20-8-5-4-6-9-20)15-18-29(26,27)21-12-10-19(2)11-13-21/h3,10-13,15,18,20H,1,4-9,14,16-17H2,2H3/b18-15+/t23-/m1/s1. The van der Waals surface area contributed by atoms with E-state index in [0.717, 1.165) is 37.7 Å². The largest absolute Gasteiger partial charge is 0.461 e. The Bertz CT molecular complexity index is 853. The van der Waals surface area contributed by atoms with Crippen LogP contribution in [0.1, 0.15) is 50.5 Å². The van der Waals surface area contributed by atoms with Crippen LogP contribution in [0.25, 0.3) is 0 Å². The first-order chi connectivity index (χ1) is 13.9. The maximum Gasteiger partial charge on any atom is 0.330 e. The van der Waals surface area contributed by atoms with E-state index in [4.69, 9.17) is 4.74 Å². The molecule has 1 saturated carbocycles. The molecule has 0 bridgehead atoms. The van der Waals surface area contributed by atoms with Crippen LogP contribution in [0.3, 0.4) is 0 Å². The molecule has 0 N–H and O–H groups in total. The molecule has 1 aromatic rings. The van der Waals surface area contributed by atoms with E-state index < -0.39 is 15.4 Å². The quantitative estimate of drug-likeness (QED) is 0.492. The van der Waals surface area contributed by atoms with Gasteiger partial charge in [-0.2, -0.15) is 0 Å². The normalized spacial score (nSPS) is 24.0. The topological polar surface area (TPSA) is 63.7 Å². The maximum absolute atomic E-state index is 13.3. The summed E-state index contributed by atoms with van der Waals surface area (Å²) in [6.07, 6.45) is 9.66. The van der Waals surface area contributed by atoms with Gasteiger partial charge in [-0.25, -0.2) is 13.2 Å². The van der Waals surface area contributed by atoms with Gasteiger partial charge in [-0.1, -0.05) is 30.2 Å². The summed E-state index contributed by atoms with van der Waals surface area (Å²) in [5.74, 6) is -0.334. The van der Waals surface area contributed by atoms with Crippen molar-refractivity contribution in [1.29, 1.82) is 0 Å². The van der Waals surface area contributed by atoms with Gasteiger partial charge in [-0.05, 0) is 70.2 Å². The van der Waals surface area contributed by atoms with E-state index in [2.05, 4.69) is 6.58 Å². The summed E-state index contributed by atoms with van der Waals surface area (Å²) < 4.78 is 31.6. The van der Waals surface area contributed by atoms with Crippen LogP contribution in [0.15, 0.2) is 53.3 Å². The van der Waals surface area contributed by atoms with Crippen LogP contribution in [-0.2, 0) is 19.4 Å². The van der Waals surface area contributed by atoms with E-state index in [1.54, 1.807) is 36.4 Å². The monoisotopic (exact) mass is 417 g/mol. The zero-order valence-electron chi connectivity index (χ0n) is 17.2. The second kappa shape index (κ2) is 9.26. The summed E-state index contributed by atoms with van der Waals surface area (Å²) in [4.78, 5) is 15.5. The fourth-order valence-corrected chi connectivity index (χ4v) is 5.32. The molecule has 0 aromatic heterocycles. The number of carbonyl (C=O) groups excluding carboxylic acids is 1. The Hall–Kier alpha value is -1.92. The number of ether oxygens (including phenoxy) is 1. The van der Waals surface area contributed by atoms with Crippen LogP contribution in [0.2, 0.25) is 0 Å². The Morgan fingerprint density at radius 3 is 2.55 bits per heavy atom. The molecule has 0 amide bonds. The molecule has 1 atom stereocenters. The lowest BCUT2D eigenvalue weighted by molar-refractivity contribution is -0.160. The summed E-state index contributed by atoms with van der Waals surface area (Å²) >= 11 is 0. The number of sulfone groups is 1. The Balaban J connectivity index is 1.88. The molecule has 1 aliphatic heterocycles. The fraction of sp³-hybridized carbons (Fsp3) is 0.522. The third-order valence-electron chi connectivity index (χ3n) is 5.95. The minimum absolute atomic E-state index is 0.0681. The molecule has 0 unspecified atom stereocenters. The molecule has 0 spiro atoms. The Morgan fingerprint density at radius 2 is 1.90 bits per heavy atom. The van der Waals surface area contributed by atoms with Crippen molar-refractivity contribution in [3.63, 3.8) is 0 Å². The molecule has 1 aromatic carbocycles. The Labute approximate surface area is 174 Å². The van der Waals surface area contributed by atoms with Crippen molar-refractivity contribution >= 4 is 15.8 Å². The van der Waals surface area contributed by atoms with E-state index in [-0.39, 0.29) is 17.0 Å². The number of likely N-dealkylation sites (tertiary alicyclic amines) is 1. The summed E-state index contributed by atoms with van der Waals surface area (Å²) in [6, 6.07) is 6.73. The Kier molecular flexibility index (Phi) is 6.96. The van der Waals surface area contributed by atoms with E-state index in [1.165, 1.54) is 11.8 Å². The third-order valence-corrected chi connectivity index (χ3v) is 7.38. The van der Waals surface area contributed by atoms with Crippen molar-refractivity contribution in [2.75, 3.05) is 13.1 Å². The highest BCUT2D eigenvalue weighted by Gasteiger charge is 2.47. The molecular formula is C23H31NO4S. The number of hydrogen-bond acceptors (Lipinski definition) is 5. The molecule has 5 nitrogen and oxygen atoms in total. The van der Waals surface area contributed by atoms with Gasteiger partial charge in [0.05, 0.1) is 4.90 Å². The van der Waals surface area contributed by atoms with Crippen LogP contribution < -0.4 is 0 Å². The molecule has 1 heterocycles. The van der Waals surface area contributed by atoms with Crippen molar-refractivity contribution in [2.24, 2.45) is 0 Å². The average molecular weight is 418 g/mol. The second-order valence-corrected chi connectivity index (χ2v) is 9.92. The van der Waals surface area contributed by atoms with E-state index in [9.17, 15) is 13.2 Å². The lowest BCUT2D eigenvalue weighted by atomic mass is 9.94. The predicted molar refractivity (Wildman–Crippen MR) is 114 cm³/mol. The lowest BCUT2D eigenvalue weighted by Crippen LogP contribution is -2.51. The van der Waals surface area contributed by atoms with Crippen LogP contribution >= 0.6 is 0 Å². The van der Waals surface area contributed by atoms with Gasteiger partial charge in [0.1, 0.15) is 11.6 Å². The van der Waals surface area contributed by atoms with Crippen molar-refractivity contribution in [1.82, 2.24) is 4.90 Å². The molecule has 158 valence electrons. The molecule has 1 saturated heterocycles. The van der Waals surface area contributed by atoms with E-state index >= 15 is 0 Å². The number of nitrogens with zero attached hydrogens (tertiary/aromatic N) is 1. The molecule has 2 fully saturated rings. The van der Waals surface area contributed by atoms with Crippen molar-refractivity contribution in [3.05, 3.63) is 54.0 Å². The van der Waals surface area contributed by atoms with Crippen LogP contribution in [0.4, 0.5) is 0 Å². The molecule has 29 heavy (non-hydrogen) atoms. The second-order valence-electron chi connectivity index (χ2n) is 8.09. The smallest absolute Gasteiger partial charge is 0.330 e. The lowest BCUT2D eigenvalue weighted by Gasteiger charge is -2.35. The van der Waals surface area contributed by atoms with Crippen molar-refractivity contribution in [3.8, 4) is 0 Å². The molecular weight excluding hydrogens is 386 g/mol.